The first-order chi connectivity index (χ1) is 9.19. The number of nitrogens with one attached hydrogen (secondary N) is 1. The second-order valence-corrected chi connectivity index (χ2v) is 6.68. The number of fused-ring (bicyclic) bond motifs is 2. The van der Waals surface area contributed by atoms with E-state index in [0.717, 1.165) is 17.8 Å². The van der Waals surface area contributed by atoms with Crippen molar-refractivity contribution >= 4 is 0 Å². The zero-order valence-electron chi connectivity index (χ0n) is 12.2. The zero-order chi connectivity index (χ0) is 13.4. The number of aryl methyl sites for hydroxylation is 1. The predicted octanol–water partition coefficient (Wildman–Crippen LogP) is 3.63. The summed E-state index contributed by atoms with van der Waals surface area (Å²) < 4.78 is 0. The fraction of sp³-hybridized carbons (Fsp3) is 0.647. The van der Waals surface area contributed by atoms with E-state index in [2.05, 4.69) is 37.5 Å². The minimum absolute atomic E-state index is 0.323. The van der Waals surface area contributed by atoms with Crippen LogP contribution in [-0.4, -0.2) is 0 Å². The molecule has 4 unspecified atom stereocenters. The Kier molecular flexibility index (Phi) is 3.64. The molecule has 0 aliphatic heterocycles. The largest absolute Gasteiger partial charge is 0.271 e. The molecule has 0 radical (unpaired) electrons. The van der Waals surface area contributed by atoms with E-state index in [9.17, 15) is 0 Å². The average Bonchev–Trinajstić information content (AvgIpc) is 3.02. The number of nitrogens with two attached hydrogens (primary N) is 1. The van der Waals surface area contributed by atoms with E-state index in [-0.39, 0.29) is 0 Å². The molecule has 1 aromatic carbocycles. The molecule has 1 aromatic rings. The maximum atomic E-state index is 5.85. The summed E-state index contributed by atoms with van der Waals surface area (Å²) in [4.78, 5) is 0. The maximum absolute atomic E-state index is 5.85. The molecule has 2 nitrogen and oxygen atoms in total. The zero-order valence-corrected chi connectivity index (χ0v) is 12.2. The van der Waals surface area contributed by atoms with Crippen molar-refractivity contribution in [3.63, 3.8) is 0 Å². The SMILES string of the molecule is Cc1cccc(C(CC2CC3CCC2C3)NN)c1C. The third-order valence-corrected chi connectivity index (χ3v) is 5.65. The molecular weight excluding hydrogens is 232 g/mol. The number of hydrogen-bond acceptors (Lipinski definition) is 2. The van der Waals surface area contributed by atoms with Gasteiger partial charge < -0.3 is 0 Å². The van der Waals surface area contributed by atoms with Crippen LogP contribution in [0.5, 0.6) is 0 Å². The van der Waals surface area contributed by atoms with Gasteiger partial charge in [0.15, 0.2) is 0 Å². The van der Waals surface area contributed by atoms with Crippen molar-refractivity contribution in [1.29, 1.82) is 0 Å². The third-order valence-electron chi connectivity index (χ3n) is 5.65. The van der Waals surface area contributed by atoms with Gasteiger partial charge in [-0.2, -0.15) is 0 Å². The Morgan fingerprint density at radius 2 is 2.11 bits per heavy atom. The normalized spacial score (nSPS) is 30.8. The topological polar surface area (TPSA) is 38.0 Å². The lowest BCUT2D eigenvalue weighted by molar-refractivity contribution is 0.280. The Hall–Kier alpha value is -0.860. The summed E-state index contributed by atoms with van der Waals surface area (Å²) in [6, 6.07) is 6.90. The molecule has 2 heteroatoms. The van der Waals surface area contributed by atoms with Crippen LogP contribution in [0.25, 0.3) is 0 Å². The molecule has 0 heterocycles. The fourth-order valence-electron chi connectivity index (χ4n) is 4.40. The van der Waals surface area contributed by atoms with Gasteiger partial charge in [-0.05, 0) is 74.0 Å². The molecule has 2 saturated carbocycles. The van der Waals surface area contributed by atoms with Gasteiger partial charge in [-0.15, -0.1) is 0 Å². The van der Waals surface area contributed by atoms with Crippen molar-refractivity contribution in [3.05, 3.63) is 34.9 Å². The standard InChI is InChI=1S/C17H26N2/c1-11-4-3-5-16(12(11)2)17(19-18)10-15-9-13-6-7-14(15)8-13/h3-5,13-15,17,19H,6-10,18H2,1-2H3. The van der Waals surface area contributed by atoms with Gasteiger partial charge in [0.2, 0.25) is 0 Å². The molecule has 2 aliphatic rings. The summed E-state index contributed by atoms with van der Waals surface area (Å²) in [5, 5.41) is 0. The maximum Gasteiger partial charge on any atom is 0.0465 e. The molecule has 3 rings (SSSR count). The van der Waals surface area contributed by atoms with Crippen LogP contribution in [0.3, 0.4) is 0 Å². The van der Waals surface area contributed by atoms with E-state index in [0.29, 0.717) is 6.04 Å². The summed E-state index contributed by atoms with van der Waals surface area (Å²) >= 11 is 0. The summed E-state index contributed by atoms with van der Waals surface area (Å²) in [6.45, 7) is 4.40. The highest BCUT2D eigenvalue weighted by atomic mass is 15.2. The van der Waals surface area contributed by atoms with Gasteiger partial charge >= 0.3 is 0 Å². The van der Waals surface area contributed by atoms with Crippen LogP contribution >= 0.6 is 0 Å². The highest BCUT2D eigenvalue weighted by Crippen LogP contribution is 2.51. The first kappa shape index (κ1) is 13.1. The van der Waals surface area contributed by atoms with Crippen LogP contribution in [0.15, 0.2) is 18.2 Å². The molecule has 0 amide bonds. The smallest absolute Gasteiger partial charge is 0.0465 e. The second kappa shape index (κ2) is 5.26. The van der Waals surface area contributed by atoms with Crippen LogP contribution in [0.1, 0.15) is 54.8 Å². The van der Waals surface area contributed by atoms with Crippen molar-refractivity contribution < 1.29 is 0 Å². The molecule has 19 heavy (non-hydrogen) atoms. The monoisotopic (exact) mass is 258 g/mol. The van der Waals surface area contributed by atoms with Crippen molar-refractivity contribution in [2.24, 2.45) is 23.6 Å². The lowest BCUT2D eigenvalue weighted by Gasteiger charge is -2.27. The van der Waals surface area contributed by atoms with E-state index in [1.165, 1.54) is 48.8 Å². The van der Waals surface area contributed by atoms with Gasteiger partial charge in [0.1, 0.15) is 0 Å². The summed E-state index contributed by atoms with van der Waals surface area (Å²) in [5.41, 5.74) is 7.23. The van der Waals surface area contributed by atoms with Gasteiger partial charge in [-0.1, -0.05) is 24.6 Å². The van der Waals surface area contributed by atoms with Gasteiger partial charge in [0.25, 0.3) is 0 Å². The molecule has 104 valence electrons. The Morgan fingerprint density at radius 3 is 2.74 bits per heavy atom. The van der Waals surface area contributed by atoms with E-state index < -0.39 is 0 Å². The lowest BCUT2D eigenvalue weighted by atomic mass is 9.82. The minimum atomic E-state index is 0.323. The van der Waals surface area contributed by atoms with E-state index in [1.54, 1.807) is 0 Å². The molecule has 0 aromatic heterocycles. The van der Waals surface area contributed by atoms with Crippen molar-refractivity contribution in [1.82, 2.24) is 5.43 Å². The molecule has 2 fully saturated rings. The second-order valence-electron chi connectivity index (χ2n) is 6.68. The predicted molar refractivity (Wildman–Crippen MR) is 79.5 cm³/mol. The number of benzene rings is 1. The Balaban J connectivity index is 1.75. The lowest BCUT2D eigenvalue weighted by Crippen LogP contribution is -2.31. The fourth-order valence-corrected chi connectivity index (χ4v) is 4.40. The molecular formula is C17H26N2. The van der Waals surface area contributed by atoms with Gasteiger partial charge in [0, 0.05) is 6.04 Å². The number of rotatable bonds is 4. The van der Waals surface area contributed by atoms with Crippen LogP contribution in [-0.2, 0) is 0 Å². The summed E-state index contributed by atoms with van der Waals surface area (Å²) in [6.07, 6.45) is 7.06. The Labute approximate surface area is 116 Å². The highest BCUT2D eigenvalue weighted by molar-refractivity contribution is 5.35. The van der Waals surface area contributed by atoms with Gasteiger partial charge in [-0.25, -0.2) is 0 Å². The average molecular weight is 258 g/mol. The van der Waals surface area contributed by atoms with E-state index in [4.69, 9.17) is 5.84 Å². The first-order valence-corrected chi connectivity index (χ1v) is 7.71. The molecule has 4 atom stereocenters. The molecule has 2 bridgehead atoms. The van der Waals surface area contributed by atoms with E-state index >= 15 is 0 Å². The molecule has 0 spiro atoms. The first-order valence-electron chi connectivity index (χ1n) is 7.71. The van der Waals surface area contributed by atoms with E-state index in [1.807, 2.05) is 0 Å². The van der Waals surface area contributed by atoms with Crippen molar-refractivity contribution in [2.45, 2.75) is 52.0 Å². The Bertz CT molecular complexity index is 455. The van der Waals surface area contributed by atoms with Crippen molar-refractivity contribution in [2.75, 3.05) is 0 Å². The molecule has 0 saturated heterocycles. The van der Waals surface area contributed by atoms with Crippen LogP contribution in [0.2, 0.25) is 0 Å². The van der Waals surface area contributed by atoms with Crippen LogP contribution in [0, 0.1) is 31.6 Å². The van der Waals surface area contributed by atoms with Gasteiger partial charge in [0.05, 0.1) is 0 Å². The quantitative estimate of drug-likeness (QED) is 0.639. The van der Waals surface area contributed by atoms with Crippen LogP contribution in [0.4, 0.5) is 0 Å². The van der Waals surface area contributed by atoms with Crippen molar-refractivity contribution in [3.8, 4) is 0 Å². The highest BCUT2D eigenvalue weighted by Gasteiger charge is 2.40. The third kappa shape index (κ3) is 2.44. The summed E-state index contributed by atoms with van der Waals surface area (Å²) in [7, 11) is 0. The Morgan fingerprint density at radius 1 is 1.26 bits per heavy atom. The number of hydrazine groups is 1. The molecule has 3 N–H and O–H groups in total. The summed E-state index contributed by atoms with van der Waals surface area (Å²) in [5.74, 6) is 8.74. The minimum Gasteiger partial charge on any atom is -0.271 e. The molecule has 2 aliphatic carbocycles. The van der Waals surface area contributed by atoms with Crippen LogP contribution < -0.4 is 11.3 Å². The van der Waals surface area contributed by atoms with Gasteiger partial charge in [-0.3, -0.25) is 11.3 Å². The number of hydrogen-bond donors (Lipinski definition) is 2.